The summed E-state index contributed by atoms with van der Waals surface area (Å²) in [6.45, 7) is 6.34. The zero-order valence-corrected chi connectivity index (χ0v) is 13.8. The molecule has 0 fully saturated rings. The maximum absolute atomic E-state index is 12.2. The number of carbonyl (C=O) groups is 2. The van der Waals surface area contributed by atoms with E-state index in [1.54, 1.807) is 0 Å². The van der Waals surface area contributed by atoms with Crippen LogP contribution >= 0.6 is 0 Å². The Kier molecular flexibility index (Phi) is 8.26. The Morgan fingerprint density at radius 2 is 1.86 bits per heavy atom. The van der Waals surface area contributed by atoms with E-state index < -0.39 is 12.1 Å². The summed E-state index contributed by atoms with van der Waals surface area (Å²) in [7, 11) is 0. The summed E-state index contributed by atoms with van der Waals surface area (Å²) < 4.78 is 5.19. The number of ether oxygens (including phenoxy) is 1. The molecule has 1 atom stereocenters. The Labute approximate surface area is 133 Å². The van der Waals surface area contributed by atoms with Crippen molar-refractivity contribution in [2.45, 2.75) is 59.1 Å². The summed E-state index contributed by atoms with van der Waals surface area (Å²) in [6.07, 6.45) is 2.45. The first-order chi connectivity index (χ1) is 10.5. The Balaban J connectivity index is 2.49. The van der Waals surface area contributed by atoms with Gasteiger partial charge in [-0.3, -0.25) is 4.79 Å². The molecule has 1 rings (SSSR count). The van der Waals surface area contributed by atoms with E-state index in [9.17, 15) is 9.59 Å². The van der Waals surface area contributed by atoms with Crippen molar-refractivity contribution in [2.24, 2.45) is 5.92 Å². The van der Waals surface area contributed by atoms with Gasteiger partial charge in [-0.05, 0) is 24.3 Å². The number of Topliss-reactive ketones (excluding diaryl/α,β-unsaturated/α-hetero) is 1. The molecule has 0 heterocycles. The van der Waals surface area contributed by atoms with Gasteiger partial charge in [0.1, 0.15) is 6.61 Å². The Bertz CT molecular complexity index is 457. The van der Waals surface area contributed by atoms with Gasteiger partial charge in [-0.15, -0.1) is 0 Å². The molecule has 0 aromatic heterocycles. The average Bonchev–Trinajstić information content (AvgIpc) is 2.50. The Morgan fingerprint density at radius 1 is 1.18 bits per heavy atom. The molecule has 1 aromatic rings. The summed E-state index contributed by atoms with van der Waals surface area (Å²) >= 11 is 0. The molecule has 1 N–H and O–H groups in total. The van der Waals surface area contributed by atoms with Crippen LogP contribution in [0.5, 0.6) is 0 Å². The molecule has 0 spiro atoms. The highest BCUT2D eigenvalue weighted by Gasteiger charge is 2.21. The van der Waals surface area contributed by atoms with Crippen LogP contribution in [0.4, 0.5) is 4.79 Å². The Morgan fingerprint density at radius 3 is 2.45 bits per heavy atom. The number of nitrogens with one attached hydrogen (secondary N) is 1. The minimum atomic E-state index is -0.528. The number of benzene rings is 1. The third-order valence-corrected chi connectivity index (χ3v) is 3.38. The number of amides is 1. The lowest BCUT2D eigenvalue weighted by Gasteiger charge is -2.19. The highest BCUT2D eigenvalue weighted by molar-refractivity contribution is 5.87. The first-order valence-electron chi connectivity index (χ1n) is 8.02. The standard InChI is InChI=1S/C18H27NO3/c1-4-5-11-17(20)16(12-14(2)3)19-18(21)22-13-15-9-7-6-8-10-15/h6-10,14,16H,4-5,11-13H2,1-3H3,(H,19,21)/t16-/m0/s1. The van der Waals surface area contributed by atoms with Crippen LogP contribution < -0.4 is 5.32 Å². The zero-order chi connectivity index (χ0) is 16.4. The van der Waals surface area contributed by atoms with Crippen molar-refractivity contribution >= 4 is 11.9 Å². The fraction of sp³-hybridized carbons (Fsp3) is 0.556. The second-order valence-electron chi connectivity index (χ2n) is 5.96. The summed E-state index contributed by atoms with van der Waals surface area (Å²) in [5.74, 6) is 0.428. The van der Waals surface area contributed by atoms with Gasteiger partial charge in [0.2, 0.25) is 0 Å². The second kappa shape index (κ2) is 9.98. The molecule has 0 unspecified atom stereocenters. The predicted molar refractivity (Wildman–Crippen MR) is 87.5 cm³/mol. The maximum atomic E-state index is 12.2. The summed E-state index contributed by atoms with van der Waals surface area (Å²) in [5, 5.41) is 2.72. The van der Waals surface area contributed by atoms with E-state index in [4.69, 9.17) is 4.74 Å². The molecule has 4 nitrogen and oxygen atoms in total. The quantitative estimate of drug-likeness (QED) is 0.747. The van der Waals surface area contributed by atoms with E-state index in [0.29, 0.717) is 18.8 Å². The maximum Gasteiger partial charge on any atom is 0.408 e. The smallest absolute Gasteiger partial charge is 0.408 e. The SMILES string of the molecule is CCCCC(=O)[C@H](CC(C)C)NC(=O)OCc1ccccc1. The van der Waals surface area contributed by atoms with Crippen LogP contribution in [0.3, 0.4) is 0 Å². The van der Waals surface area contributed by atoms with Crippen LogP contribution in [0.1, 0.15) is 52.0 Å². The molecule has 122 valence electrons. The third kappa shape index (κ3) is 7.25. The Hall–Kier alpha value is -1.84. The molecule has 0 bridgehead atoms. The molecule has 0 saturated heterocycles. The molecule has 0 saturated carbocycles. The lowest BCUT2D eigenvalue weighted by molar-refractivity contribution is -0.121. The van der Waals surface area contributed by atoms with Crippen molar-refractivity contribution in [1.29, 1.82) is 0 Å². The average molecular weight is 305 g/mol. The molecule has 4 heteroatoms. The minimum Gasteiger partial charge on any atom is -0.445 e. The van der Waals surface area contributed by atoms with Crippen LogP contribution in [-0.2, 0) is 16.1 Å². The van der Waals surface area contributed by atoms with E-state index in [1.165, 1.54) is 0 Å². The molecule has 0 aliphatic carbocycles. The van der Waals surface area contributed by atoms with Gasteiger partial charge in [0.05, 0.1) is 6.04 Å². The monoisotopic (exact) mass is 305 g/mol. The molecule has 0 aliphatic heterocycles. The fourth-order valence-electron chi connectivity index (χ4n) is 2.17. The second-order valence-corrected chi connectivity index (χ2v) is 5.96. The van der Waals surface area contributed by atoms with E-state index in [0.717, 1.165) is 18.4 Å². The first-order valence-corrected chi connectivity index (χ1v) is 8.02. The third-order valence-electron chi connectivity index (χ3n) is 3.38. The van der Waals surface area contributed by atoms with Crippen molar-refractivity contribution in [1.82, 2.24) is 5.32 Å². The van der Waals surface area contributed by atoms with Gasteiger partial charge in [-0.1, -0.05) is 57.5 Å². The lowest BCUT2D eigenvalue weighted by atomic mass is 9.97. The highest BCUT2D eigenvalue weighted by Crippen LogP contribution is 2.10. The van der Waals surface area contributed by atoms with Gasteiger partial charge in [0.15, 0.2) is 5.78 Å². The molecule has 0 aliphatic rings. The van der Waals surface area contributed by atoms with Crippen molar-refractivity contribution in [3.05, 3.63) is 35.9 Å². The molecule has 1 amide bonds. The number of unbranched alkanes of at least 4 members (excludes halogenated alkanes) is 1. The number of alkyl carbamates (subject to hydrolysis) is 1. The number of hydrogen-bond acceptors (Lipinski definition) is 3. The van der Waals surface area contributed by atoms with E-state index in [2.05, 4.69) is 5.32 Å². The van der Waals surface area contributed by atoms with Crippen molar-refractivity contribution in [2.75, 3.05) is 0 Å². The fourth-order valence-corrected chi connectivity index (χ4v) is 2.17. The normalized spacial score (nSPS) is 12.0. The van der Waals surface area contributed by atoms with Gasteiger partial charge in [0, 0.05) is 6.42 Å². The van der Waals surface area contributed by atoms with Crippen LogP contribution in [0.15, 0.2) is 30.3 Å². The largest absolute Gasteiger partial charge is 0.445 e. The van der Waals surface area contributed by atoms with E-state index >= 15 is 0 Å². The lowest BCUT2D eigenvalue weighted by Crippen LogP contribution is -2.41. The predicted octanol–water partition coefficient (Wildman–Crippen LogP) is 4.09. The van der Waals surface area contributed by atoms with Crippen molar-refractivity contribution < 1.29 is 14.3 Å². The van der Waals surface area contributed by atoms with Crippen molar-refractivity contribution in [3.8, 4) is 0 Å². The summed E-state index contributed by atoms with van der Waals surface area (Å²) in [6, 6.07) is 9.04. The number of hydrogen-bond donors (Lipinski definition) is 1. The summed E-state index contributed by atoms with van der Waals surface area (Å²) in [5.41, 5.74) is 0.926. The topological polar surface area (TPSA) is 55.4 Å². The van der Waals surface area contributed by atoms with Crippen LogP contribution in [0.25, 0.3) is 0 Å². The number of ketones is 1. The van der Waals surface area contributed by atoms with Crippen LogP contribution in [0.2, 0.25) is 0 Å². The van der Waals surface area contributed by atoms with Gasteiger partial charge in [-0.2, -0.15) is 0 Å². The molecule has 22 heavy (non-hydrogen) atoms. The van der Waals surface area contributed by atoms with E-state index in [1.807, 2.05) is 51.1 Å². The molecule has 1 aromatic carbocycles. The van der Waals surface area contributed by atoms with Gasteiger partial charge in [-0.25, -0.2) is 4.79 Å². The molecular formula is C18H27NO3. The zero-order valence-electron chi connectivity index (χ0n) is 13.8. The highest BCUT2D eigenvalue weighted by atomic mass is 16.5. The number of rotatable bonds is 9. The number of carbonyl (C=O) groups excluding carboxylic acids is 2. The van der Waals surface area contributed by atoms with Gasteiger partial charge < -0.3 is 10.1 Å². The van der Waals surface area contributed by atoms with Gasteiger partial charge in [0.25, 0.3) is 0 Å². The van der Waals surface area contributed by atoms with E-state index in [-0.39, 0.29) is 12.4 Å². The van der Waals surface area contributed by atoms with Crippen LogP contribution in [0, 0.1) is 5.92 Å². The summed E-state index contributed by atoms with van der Waals surface area (Å²) in [4.78, 5) is 24.1. The van der Waals surface area contributed by atoms with Crippen molar-refractivity contribution in [3.63, 3.8) is 0 Å². The molecule has 0 radical (unpaired) electrons. The molecular weight excluding hydrogens is 278 g/mol. The van der Waals surface area contributed by atoms with Crippen LogP contribution in [-0.4, -0.2) is 17.9 Å². The minimum absolute atomic E-state index is 0.0900. The first kappa shape index (κ1) is 18.2. The van der Waals surface area contributed by atoms with Gasteiger partial charge >= 0.3 is 6.09 Å².